The van der Waals surface area contributed by atoms with Crippen LogP contribution < -0.4 is 10.6 Å². The third-order valence-electron chi connectivity index (χ3n) is 4.66. The second-order valence-corrected chi connectivity index (χ2v) is 7.34. The van der Waals surface area contributed by atoms with E-state index in [-0.39, 0.29) is 0 Å². The van der Waals surface area contributed by atoms with Crippen LogP contribution >= 0.6 is 0 Å². The third kappa shape index (κ3) is 10.0. The van der Waals surface area contributed by atoms with Gasteiger partial charge in [-0.25, -0.2) is 0 Å². The van der Waals surface area contributed by atoms with Crippen LogP contribution in [0.25, 0.3) is 0 Å². The molecule has 0 aromatic rings. The smallest absolute Gasteiger partial charge is 0.191 e. The summed E-state index contributed by atoms with van der Waals surface area (Å²) in [4.78, 5) is 6.76. The molecule has 1 saturated heterocycles. The van der Waals surface area contributed by atoms with Crippen LogP contribution in [0.1, 0.15) is 47.0 Å². The molecule has 1 rings (SSSR count). The molecule has 0 amide bonds. The minimum Gasteiger partial charge on any atom is -0.381 e. The zero-order chi connectivity index (χ0) is 18.5. The van der Waals surface area contributed by atoms with Crippen LogP contribution in [0.3, 0.4) is 0 Å². The van der Waals surface area contributed by atoms with Crippen molar-refractivity contribution in [3.8, 4) is 0 Å². The highest BCUT2D eigenvalue weighted by Crippen LogP contribution is 2.14. The Hall–Kier alpha value is -0.850. The van der Waals surface area contributed by atoms with Gasteiger partial charge in [-0.2, -0.15) is 0 Å². The fourth-order valence-corrected chi connectivity index (χ4v) is 3.18. The van der Waals surface area contributed by atoms with Crippen LogP contribution in [0.5, 0.6) is 0 Å². The second kappa shape index (κ2) is 13.4. The van der Waals surface area contributed by atoms with Gasteiger partial charge in [-0.3, -0.25) is 9.89 Å². The van der Waals surface area contributed by atoms with Gasteiger partial charge in [0.05, 0.1) is 0 Å². The largest absolute Gasteiger partial charge is 0.381 e. The van der Waals surface area contributed by atoms with E-state index in [4.69, 9.17) is 9.47 Å². The van der Waals surface area contributed by atoms with Crippen LogP contribution in [0.4, 0.5) is 0 Å². The molecular weight excluding hydrogens is 316 g/mol. The molecule has 0 aromatic carbocycles. The van der Waals surface area contributed by atoms with Gasteiger partial charge in [0.2, 0.25) is 0 Å². The zero-order valence-corrected chi connectivity index (χ0v) is 17.0. The first kappa shape index (κ1) is 22.2. The first-order chi connectivity index (χ1) is 12.0. The van der Waals surface area contributed by atoms with E-state index in [1.54, 1.807) is 0 Å². The molecule has 0 spiro atoms. The molecule has 1 aliphatic heterocycles. The van der Waals surface area contributed by atoms with Crippen molar-refractivity contribution in [2.24, 2.45) is 10.9 Å². The van der Waals surface area contributed by atoms with Crippen LogP contribution in [0.15, 0.2) is 4.99 Å². The molecule has 0 bridgehead atoms. The Morgan fingerprint density at radius 3 is 2.36 bits per heavy atom. The van der Waals surface area contributed by atoms with Gasteiger partial charge in [-0.05, 0) is 52.9 Å². The van der Waals surface area contributed by atoms with Crippen molar-refractivity contribution in [1.29, 1.82) is 0 Å². The number of hydrogen-bond donors (Lipinski definition) is 2. The maximum atomic E-state index is 5.79. The van der Waals surface area contributed by atoms with Gasteiger partial charge in [0.25, 0.3) is 0 Å². The standard InChI is InChI=1S/C19H40N4O2/c1-16(2)23(17(3)4)11-10-22-19(20-5)21-9-6-12-25-15-18-7-13-24-14-8-18/h16-18H,6-15H2,1-5H3,(H2,20,21,22). The molecule has 6 heteroatoms. The molecule has 25 heavy (non-hydrogen) atoms. The SMILES string of the molecule is CN=C(NCCCOCC1CCOCC1)NCCN(C(C)C)C(C)C. The quantitative estimate of drug-likeness (QED) is 0.337. The van der Waals surface area contributed by atoms with Gasteiger partial charge >= 0.3 is 0 Å². The van der Waals surface area contributed by atoms with Crippen LogP contribution in [-0.4, -0.2) is 76.1 Å². The third-order valence-corrected chi connectivity index (χ3v) is 4.66. The Balaban J connectivity index is 2.05. The van der Waals surface area contributed by atoms with E-state index in [0.717, 1.165) is 71.3 Å². The normalized spacial score (nSPS) is 16.9. The Labute approximate surface area is 154 Å². The molecule has 1 fully saturated rings. The van der Waals surface area contributed by atoms with Gasteiger partial charge in [0.15, 0.2) is 5.96 Å². The highest BCUT2D eigenvalue weighted by Gasteiger charge is 2.14. The monoisotopic (exact) mass is 356 g/mol. The first-order valence-corrected chi connectivity index (χ1v) is 9.90. The number of rotatable bonds is 11. The predicted octanol–water partition coefficient (Wildman–Crippen LogP) is 2.10. The minimum absolute atomic E-state index is 0.560. The average Bonchev–Trinajstić information content (AvgIpc) is 2.59. The van der Waals surface area contributed by atoms with E-state index in [1.165, 1.54) is 0 Å². The van der Waals surface area contributed by atoms with Crippen molar-refractivity contribution >= 4 is 5.96 Å². The second-order valence-electron chi connectivity index (χ2n) is 7.34. The summed E-state index contributed by atoms with van der Waals surface area (Å²) >= 11 is 0. The summed E-state index contributed by atoms with van der Waals surface area (Å²) in [5.41, 5.74) is 0. The molecule has 0 atom stereocenters. The van der Waals surface area contributed by atoms with Gasteiger partial charge in [0, 0.05) is 65.2 Å². The van der Waals surface area contributed by atoms with Crippen molar-refractivity contribution in [2.75, 3.05) is 53.1 Å². The molecular formula is C19H40N4O2. The van der Waals surface area contributed by atoms with E-state index in [1.807, 2.05) is 7.05 Å². The Bertz CT molecular complexity index is 347. The van der Waals surface area contributed by atoms with Gasteiger partial charge in [-0.1, -0.05) is 0 Å². The summed E-state index contributed by atoms with van der Waals surface area (Å²) in [6.45, 7) is 15.2. The summed E-state index contributed by atoms with van der Waals surface area (Å²) in [6, 6.07) is 1.12. The van der Waals surface area contributed by atoms with Gasteiger partial charge in [-0.15, -0.1) is 0 Å². The molecule has 0 saturated carbocycles. The molecule has 0 radical (unpaired) electrons. The lowest BCUT2D eigenvalue weighted by molar-refractivity contribution is 0.0203. The zero-order valence-electron chi connectivity index (χ0n) is 17.0. The fraction of sp³-hybridized carbons (Fsp3) is 0.947. The van der Waals surface area contributed by atoms with Crippen molar-refractivity contribution in [3.63, 3.8) is 0 Å². The lowest BCUT2D eigenvalue weighted by Crippen LogP contribution is -2.45. The summed E-state index contributed by atoms with van der Waals surface area (Å²) in [6.07, 6.45) is 3.27. The van der Waals surface area contributed by atoms with E-state index in [2.05, 4.69) is 48.2 Å². The number of guanidine groups is 1. The van der Waals surface area contributed by atoms with Crippen molar-refractivity contribution < 1.29 is 9.47 Å². The molecule has 1 aliphatic rings. The lowest BCUT2D eigenvalue weighted by Gasteiger charge is -2.30. The summed E-state index contributed by atoms with van der Waals surface area (Å²) in [5.74, 6) is 1.55. The minimum atomic E-state index is 0.560. The summed E-state index contributed by atoms with van der Waals surface area (Å²) < 4.78 is 11.2. The van der Waals surface area contributed by atoms with Crippen LogP contribution in [0, 0.1) is 5.92 Å². The van der Waals surface area contributed by atoms with Gasteiger partial charge in [0.1, 0.15) is 0 Å². The van der Waals surface area contributed by atoms with Crippen molar-refractivity contribution in [1.82, 2.24) is 15.5 Å². The Morgan fingerprint density at radius 2 is 1.76 bits per heavy atom. The number of ether oxygens (including phenoxy) is 2. The number of aliphatic imine (C=N–C) groups is 1. The maximum absolute atomic E-state index is 5.79. The average molecular weight is 357 g/mol. The van der Waals surface area contributed by atoms with Crippen LogP contribution in [-0.2, 0) is 9.47 Å². The molecule has 0 unspecified atom stereocenters. The maximum Gasteiger partial charge on any atom is 0.191 e. The lowest BCUT2D eigenvalue weighted by atomic mass is 10.0. The van der Waals surface area contributed by atoms with Gasteiger partial charge < -0.3 is 20.1 Å². The van der Waals surface area contributed by atoms with E-state index >= 15 is 0 Å². The molecule has 148 valence electrons. The molecule has 6 nitrogen and oxygen atoms in total. The predicted molar refractivity (Wildman–Crippen MR) is 105 cm³/mol. The molecule has 1 heterocycles. The van der Waals surface area contributed by atoms with Crippen molar-refractivity contribution in [3.05, 3.63) is 0 Å². The highest BCUT2D eigenvalue weighted by molar-refractivity contribution is 5.79. The van der Waals surface area contributed by atoms with E-state index in [0.29, 0.717) is 18.0 Å². The summed E-state index contributed by atoms with van der Waals surface area (Å²) in [7, 11) is 1.82. The Morgan fingerprint density at radius 1 is 1.12 bits per heavy atom. The molecule has 0 aromatic heterocycles. The molecule has 2 N–H and O–H groups in total. The first-order valence-electron chi connectivity index (χ1n) is 9.90. The van der Waals surface area contributed by atoms with E-state index < -0.39 is 0 Å². The van der Waals surface area contributed by atoms with Crippen molar-refractivity contribution in [2.45, 2.75) is 59.0 Å². The topological polar surface area (TPSA) is 58.1 Å². The van der Waals surface area contributed by atoms with E-state index in [9.17, 15) is 0 Å². The number of nitrogens with one attached hydrogen (secondary N) is 2. The Kier molecular flexibility index (Phi) is 11.9. The fourth-order valence-electron chi connectivity index (χ4n) is 3.18. The van der Waals surface area contributed by atoms with Crippen LogP contribution in [0.2, 0.25) is 0 Å². The number of hydrogen-bond acceptors (Lipinski definition) is 4. The summed E-state index contributed by atoms with van der Waals surface area (Å²) in [5, 5.41) is 6.76. The molecule has 0 aliphatic carbocycles. The highest BCUT2D eigenvalue weighted by atomic mass is 16.5. The number of nitrogens with zero attached hydrogens (tertiary/aromatic N) is 2.